The quantitative estimate of drug-likeness (QED) is 0.739. The molecule has 0 aliphatic rings. The number of amides is 1. The lowest BCUT2D eigenvalue weighted by atomic mass is 10.0. The average Bonchev–Trinajstić information content (AvgIpc) is 2.63. The molecule has 2 nitrogen and oxygen atoms in total. The Morgan fingerprint density at radius 1 is 0.833 bits per heavy atom. The summed E-state index contributed by atoms with van der Waals surface area (Å²) in [4.78, 5) is 12.2. The van der Waals surface area contributed by atoms with Crippen molar-refractivity contribution in [2.75, 3.05) is 6.54 Å². The SMILES string of the molecule is O=C(NCCc1ccccc1)c1ccc(-c2ccccc2F)cc1. The van der Waals surface area contributed by atoms with E-state index >= 15 is 0 Å². The van der Waals surface area contributed by atoms with E-state index in [0.29, 0.717) is 17.7 Å². The van der Waals surface area contributed by atoms with Crippen molar-refractivity contribution in [2.45, 2.75) is 6.42 Å². The number of carbonyl (C=O) groups excluding carboxylic acids is 1. The Balaban J connectivity index is 1.61. The van der Waals surface area contributed by atoms with Crippen LogP contribution in [-0.2, 0) is 6.42 Å². The van der Waals surface area contributed by atoms with Crippen molar-refractivity contribution in [1.29, 1.82) is 0 Å². The zero-order valence-corrected chi connectivity index (χ0v) is 13.2. The van der Waals surface area contributed by atoms with Gasteiger partial charge in [0.15, 0.2) is 0 Å². The maximum atomic E-state index is 13.8. The molecule has 0 aliphatic carbocycles. The number of rotatable bonds is 5. The molecule has 120 valence electrons. The highest BCUT2D eigenvalue weighted by Crippen LogP contribution is 2.22. The molecule has 3 rings (SSSR count). The third kappa shape index (κ3) is 3.87. The molecule has 0 unspecified atom stereocenters. The minimum atomic E-state index is -0.266. The van der Waals surface area contributed by atoms with E-state index < -0.39 is 0 Å². The standard InChI is InChI=1S/C21H18FNO/c22-20-9-5-4-8-19(20)17-10-12-18(13-11-17)21(24)23-15-14-16-6-2-1-3-7-16/h1-13H,14-15H2,(H,23,24). The lowest BCUT2D eigenvalue weighted by Crippen LogP contribution is -2.25. The normalized spacial score (nSPS) is 10.4. The zero-order valence-electron chi connectivity index (χ0n) is 13.2. The minimum Gasteiger partial charge on any atom is -0.352 e. The van der Waals surface area contributed by atoms with Gasteiger partial charge >= 0.3 is 0 Å². The molecule has 1 N–H and O–H groups in total. The Labute approximate surface area is 141 Å². The van der Waals surface area contributed by atoms with Gasteiger partial charge in [-0.05, 0) is 35.7 Å². The minimum absolute atomic E-state index is 0.119. The molecule has 3 heteroatoms. The topological polar surface area (TPSA) is 29.1 Å². The number of nitrogens with one attached hydrogen (secondary N) is 1. The van der Waals surface area contributed by atoms with Crippen LogP contribution in [0.5, 0.6) is 0 Å². The van der Waals surface area contributed by atoms with Gasteiger partial charge in [-0.15, -0.1) is 0 Å². The largest absolute Gasteiger partial charge is 0.352 e. The third-order valence-electron chi connectivity index (χ3n) is 3.87. The second-order valence-corrected chi connectivity index (χ2v) is 5.55. The van der Waals surface area contributed by atoms with Crippen molar-refractivity contribution in [3.63, 3.8) is 0 Å². The van der Waals surface area contributed by atoms with Gasteiger partial charge in [0.2, 0.25) is 0 Å². The van der Waals surface area contributed by atoms with E-state index in [0.717, 1.165) is 12.0 Å². The highest BCUT2D eigenvalue weighted by Gasteiger charge is 2.07. The van der Waals surface area contributed by atoms with Crippen LogP contribution in [0, 0.1) is 5.82 Å². The van der Waals surface area contributed by atoms with Crippen LogP contribution in [0.1, 0.15) is 15.9 Å². The first-order chi connectivity index (χ1) is 11.7. The summed E-state index contributed by atoms with van der Waals surface area (Å²) in [7, 11) is 0. The van der Waals surface area contributed by atoms with E-state index in [1.807, 2.05) is 30.3 Å². The Hall–Kier alpha value is -2.94. The predicted octanol–water partition coefficient (Wildman–Crippen LogP) is 4.47. The van der Waals surface area contributed by atoms with E-state index in [4.69, 9.17) is 0 Å². The van der Waals surface area contributed by atoms with Gasteiger partial charge in [0, 0.05) is 17.7 Å². The summed E-state index contributed by atoms with van der Waals surface area (Å²) >= 11 is 0. The predicted molar refractivity (Wildman–Crippen MR) is 94.3 cm³/mol. The summed E-state index contributed by atoms with van der Waals surface area (Å²) in [6, 6.07) is 23.6. The molecule has 3 aromatic rings. The summed E-state index contributed by atoms with van der Waals surface area (Å²) in [5, 5.41) is 2.91. The maximum Gasteiger partial charge on any atom is 0.251 e. The monoisotopic (exact) mass is 319 g/mol. The summed E-state index contributed by atoms with van der Waals surface area (Å²) in [5.41, 5.74) is 3.05. The molecule has 0 saturated carbocycles. The Morgan fingerprint density at radius 3 is 2.21 bits per heavy atom. The van der Waals surface area contributed by atoms with Crippen LogP contribution in [0.15, 0.2) is 78.9 Å². The van der Waals surface area contributed by atoms with Crippen LogP contribution in [0.2, 0.25) is 0 Å². The fourth-order valence-corrected chi connectivity index (χ4v) is 2.56. The van der Waals surface area contributed by atoms with Crippen LogP contribution in [-0.4, -0.2) is 12.5 Å². The molecule has 0 radical (unpaired) electrons. The first kappa shape index (κ1) is 15.9. The molecule has 24 heavy (non-hydrogen) atoms. The highest BCUT2D eigenvalue weighted by atomic mass is 19.1. The molecule has 0 spiro atoms. The summed E-state index contributed by atoms with van der Waals surface area (Å²) < 4.78 is 13.8. The first-order valence-corrected chi connectivity index (χ1v) is 7.91. The third-order valence-corrected chi connectivity index (χ3v) is 3.87. The second kappa shape index (κ2) is 7.55. The van der Waals surface area contributed by atoms with Crippen molar-refractivity contribution < 1.29 is 9.18 Å². The molecule has 0 fully saturated rings. The van der Waals surface area contributed by atoms with Gasteiger partial charge < -0.3 is 5.32 Å². The Morgan fingerprint density at radius 2 is 1.50 bits per heavy atom. The van der Waals surface area contributed by atoms with E-state index in [1.165, 1.54) is 11.6 Å². The second-order valence-electron chi connectivity index (χ2n) is 5.55. The van der Waals surface area contributed by atoms with Crippen LogP contribution in [0.3, 0.4) is 0 Å². The highest BCUT2D eigenvalue weighted by molar-refractivity contribution is 5.94. The van der Waals surface area contributed by atoms with Gasteiger partial charge in [0.1, 0.15) is 5.82 Å². The number of carbonyl (C=O) groups is 1. The molecule has 0 aromatic heterocycles. The van der Waals surface area contributed by atoms with Gasteiger partial charge in [-0.3, -0.25) is 4.79 Å². The van der Waals surface area contributed by atoms with Gasteiger partial charge in [0.05, 0.1) is 0 Å². The lowest BCUT2D eigenvalue weighted by molar-refractivity contribution is 0.0954. The smallest absolute Gasteiger partial charge is 0.251 e. The van der Waals surface area contributed by atoms with Crippen molar-refractivity contribution in [2.24, 2.45) is 0 Å². The molecular formula is C21H18FNO. The van der Waals surface area contributed by atoms with Crippen molar-refractivity contribution in [1.82, 2.24) is 5.32 Å². The first-order valence-electron chi connectivity index (χ1n) is 7.91. The van der Waals surface area contributed by atoms with Gasteiger partial charge in [-0.25, -0.2) is 4.39 Å². The molecule has 0 heterocycles. The number of hydrogen-bond donors (Lipinski definition) is 1. The van der Waals surface area contributed by atoms with Crippen LogP contribution in [0.4, 0.5) is 4.39 Å². The molecule has 3 aromatic carbocycles. The average molecular weight is 319 g/mol. The van der Waals surface area contributed by atoms with Crippen LogP contribution < -0.4 is 5.32 Å². The fraction of sp³-hybridized carbons (Fsp3) is 0.0952. The van der Waals surface area contributed by atoms with Crippen molar-refractivity contribution >= 4 is 5.91 Å². The van der Waals surface area contributed by atoms with E-state index in [9.17, 15) is 9.18 Å². The number of benzene rings is 3. The summed E-state index contributed by atoms with van der Waals surface area (Å²) in [5.74, 6) is -0.386. The van der Waals surface area contributed by atoms with Gasteiger partial charge in [-0.1, -0.05) is 60.7 Å². The fourth-order valence-electron chi connectivity index (χ4n) is 2.56. The van der Waals surface area contributed by atoms with Crippen LogP contribution >= 0.6 is 0 Å². The molecule has 0 saturated heterocycles. The number of halogens is 1. The van der Waals surface area contributed by atoms with E-state index in [2.05, 4.69) is 5.32 Å². The Kier molecular flexibility index (Phi) is 5.02. The molecule has 0 atom stereocenters. The van der Waals surface area contributed by atoms with Crippen LogP contribution in [0.25, 0.3) is 11.1 Å². The van der Waals surface area contributed by atoms with Gasteiger partial charge in [-0.2, -0.15) is 0 Å². The van der Waals surface area contributed by atoms with Crippen molar-refractivity contribution in [3.8, 4) is 11.1 Å². The zero-order chi connectivity index (χ0) is 16.8. The van der Waals surface area contributed by atoms with Gasteiger partial charge in [0.25, 0.3) is 5.91 Å². The summed E-state index contributed by atoms with van der Waals surface area (Å²) in [6.07, 6.45) is 0.792. The maximum absolute atomic E-state index is 13.8. The number of hydrogen-bond acceptors (Lipinski definition) is 1. The lowest BCUT2D eigenvalue weighted by Gasteiger charge is -2.07. The molecule has 0 bridgehead atoms. The Bertz CT molecular complexity index is 813. The molecular weight excluding hydrogens is 301 g/mol. The molecule has 0 aliphatic heterocycles. The molecule has 1 amide bonds. The summed E-state index contributed by atoms with van der Waals surface area (Å²) in [6.45, 7) is 0.581. The van der Waals surface area contributed by atoms with E-state index in [-0.39, 0.29) is 11.7 Å². The van der Waals surface area contributed by atoms with E-state index in [1.54, 1.807) is 42.5 Å². The van der Waals surface area contributed by atoms with Crippen molar-refractivity contribution in [3.05, 3.63) is 95.8 Å².